The molecule has 120 valence electrons. The van der Waals surface area contributed by atoms with Crippen molar-refractivity contribution in [3.05, 3.63) is 0 Å². The van der Waals surface area contributed by atoms with Gasteiger partial charge < -0.3 is 20.1 Å². The second-order valence-electron chi connectivity index (χ2n) is 6.78. The van der Waals surface area contributed by atoms with Crippen LogP contribution in [-0.4, -0.2) is 53.8 Å². The van der Waals surface area contributed by atoms with Crippen LogP contribution in [0.4, 0.5) is 4.79 Å². The Labute approximate surface area is 125 Å². The van der Waals surface area contributed by atoms with E-state index < -0.39 is 11.9 Å². The van der Waals surface area contributed by atoms with Crippen molar-refractivity contribution >= 4 is 12.0 Å². The second kappa shape index (κ2) is 6.64. The summed E-state index contributed by atoms with van der Waals surface area (Å²) < 4.78 is 5.67. The Balaban J connectivity index is 1.77. The van der Waals surface area contributed by atoms with E-state index in [4.69, 9.17) is 9.84 Å². The number of carboxylic acid groups (broad SMARTS) is 1. The molecule has 2 rings (SSSR count). The van der Waals surface area contributed by atoms with Crippen LogP contribution in [0.2, 0.25) is 0 Å². The maximum Gasteiger partial charge on any atom is 0.317 e. The molecule has 2 heterocycles. The van der Waals surface area contributed by atoms with Crippen molar-refractivity contribution in [3.8, 4) is 0 Å². The molecule has 21 heavy (non-hydrogen) atoms. The summed E-state index contributed by atoms with van der Waals surface area (Å²) in [6, 6.07) is -0.134. The first-order valence-corrected chi connectivity index (χ1v) is 7.77. The lowest BCUT2D eigenvalue weighted by molar-refractivity contribution is -0.143. The van der Waals surface area contributed by atoms with Gasteiger partial charge in [0.2, 0.25) is 0 Å². The molecule has 2 fully saturated rings. The van der Waals surface area contributed by atoms with Gasteiger partial charge in [0.15, 0.2) is 0 Å². The lowest BCUT2D eigenvalue weighted by Gasteiger charge is -2.36. The molecule has 0 aromatic carbocycles. The van der Waals surface area contributed by atoms with E-state index in [-0.39, 0.29) is 11.6 Å². The van der Waals surface area contributed by atoms with Crippen molar-refractivity contribution in [2.24, 2.45) is 11.8 Å². The summed E-state index contributed by atoms with van der Waals surface area (Å²) in [5.74, 6) is -0.803. The van der Waals surface area contributed by atoms with Crippen molar-refractivity contribution in [2.75, 3.05) is 26.2 Å². The zero-order valence-electron chi connectivity index (χ0n) is 12.9. The number of carbonyl (C=O) groups is 2. The molecule has 2 amide bonds. The van der Waals surface area contributed by atoms with E-state index in [2.05, 4.69) is 19.2 Å². The highest BCUT2D eigenvalue weighted by Crippen LogP contribution is 2.28. The quantitative estimate of drug-likeness (QED) is 0.831. The van der Waals surface area contributed by atoms with Gasteiger partial charge in [0.05, 0.1) is 11.5 Å². The number of aliphatic carboxylic acids is 1. The molecule has 0 aliphatic carbocycles. The van der Waals surface area contributed by atoms with Gasteiger partial charge in [0.1, 0.15) is 0 Å². The Morgan fingerprint density at radius 3 is 2.81 bits per heavy atom. The Morgan fingerprint density at radius 1 is 1.38 bits per heavy atom. The molecule has 0 aromatic heterocycles. The maximum absolute atomic E-state index is 12.2. The van der Waals surface area contributed by atoms with Crippen molar-refractivity contribution in [3.63, 3.8) is 0 Å². The lowest BCUT2D eigenvalue weighted by atomic mass is 9.88. The summed E-state index contributed by atoms with van der Waals surface area (Å²) >= 11 is 0. The number of likely N-dealkylation sites (tertiary alicyclic amines) is 1. The van der Waals surface area contributed by atoms with Crippen LogP contribution in [0, 0.1) is 11.8 Å². The highest BCUT2D eigenvalue weighted by atomic mass is 16.5. The molecular weight excluding hydrogens is 272 g/mol. The van der Waals surface area contributed by atoms with Crippen molar-refractivity contribution in [2.45, 2.75) is 45.1 Å². The molecule has 0 bridgehead atoms. The van der Waals surface area contributed by atoms with Gasteiger partial charge in [-0.25, -0.2) is 4.79 Å². The summed E-state index contributed by atoms with van der Waals surface area (Å²) in [7, 11) is 0. The highest BCUT2D eigenvalue weighted by Gasteiger charge is 2.31. The maximum atomic E-state index is 12.2. The normalized spacial score (nSPS) is 29.0. The summed E-state index contributed by atoms with van der Waals surface area (Å²) in [6.07, 6.45) is 3.31. The fourth-order valence-electron chi connectivity index (χ4n) is 3.24. The molecule has 2 unspecified atom stereocenters. The van der Waals surface area contributed by atoms with Crippen molar-refractivity contribution in [1.82, 2.24) is 10.2 Å². The van der Waals surface area contributed by atoms with Gasteiger partial charge in [0.25, 0.3) is 0 Å². The third-order valence-corrected chi connectivity index (χ3v) is 4.40. The molecule has 6 nitrogen and oxygen atoms in total. The van der Waals surface area contributed by atoms with Crippen LogP contribution >= 0.6 is 0 Å². The van der Waals surface area contributed by atoms with Gasteiger partial charge in [-0.15, -0.1) is 0 Å². The first-order chi connectivity index (χ1) is 9.87. The topological polar surface area (TPSA) is 78.9 Å². The molecular formula is C15H26N2O4. The smallest absolute Gasteiger partial charge is 0.317 e. The molecule has 0 spiro atoms. The Kier molecular flexibility index (Phi) is 5.08. The number of piperidine rings is 1. The zero-order valence-corrected chi connectivity index (χ0v) is 12.9. The van der Waals surface area contributed by atoms with Crippen LogP contribution in [0.1, 0.15) is 39.5 Å². The number of hydrogen-bond donors (Lipinski definition) is 2. The van der Waals surface area contributed by atoms with E-state index in [9.17, 15) is 9.59 Å². The monoisotopic (exact) mass is 298 g/mol. The largest absolute Gasteiger partial charge is 0.481 e. The van der Waals surface area contributed by atoms with Gasteiger partial charge in [-0.3, -0.25) is 4.79 Å². The average Bonchev–Trinajstić information content (AvgIpc) is 2.44. The summed E-state index contributed by atoms with van der Waals surface area (Å²) in [5.41, 5.74) is -0.118. The van der Waals surface area contributed by atoms with Gasteiger partial charge in [-0.05, 0) is 45.4 Å². The highest BCUT2D eigenvalue weighted by molar-refractivity contribution is 5.76. The third-order valence-electron chi connectivity index (χ3n) is 4.40. The number of amides is 2. The minimum Gasteiger partial charge on any atom is -0.481 e. The van der Waals surface area contributed by atoms with Crippen LogP contribution in [0.3, 0.4) is 0 Å². The van der Waals surface area contributed by atoms with Gasteiger partial charge in [-0.1, -0.05) is 0 Å². The number of carbonyl (C=O) groups excluding carboxylic acids is 1. The van der Waals surface area contributed by atoms with E-state index in [1.54, 1.807) is 4.90 Å². The summed E-state index contributed by atoms with van der Waals surface area (Å²) in [4.78, 5) is 24.8. The molecule has 2 saturated heterocycles. The van der Waals surface area contributed by atoms with Crippen LogP contribution in [0.15, 0.2) is 0 Å². The molecule has 2 aliphatic rings. The van der Waals surface area contributed by atoms with Gasteiger partial charge in [0, 0.05) is 26.2 Å². The molecule has 2 N–H and O–H groups in total. The zero-order chi connectivity index (χ0) is 15.5. The van der Waals surface area contributed by atoms with E-state index in [1.165, 1.54) is 0 Å². The number of rotatable bonds is 3. The molecule has 0 radical (unpaired) electrons. The standard InChI is InChI=1S/C15H26N2O4/c1-15(2)8-11(5-7-21-15)9-16-14(20)17-6-3-4-12(10-17)13(18)19/h11-12H,3-10H2,1-2H3,(H,16,20)(H,18,19). The van der Waals surface area contributed by atoms with Gasteiger partial charge >= 0.3 is 12.0 Å². The second-order valence-corrected chi connectivity index (χ2v) is 6.78. The van der Waals surface area contributed by atoms with Crippen LogP contribution < -0.4 is 5.32 Å². The molecule has 2 aliphatic heterocycles. The number of hydrogen-bond acceptors (Lipinski definition) is 3. The van der Waals surface area contributed by atoms with Crippen LogP contribution in [-0.2, 0) is 9.53 Å². The molecule has 6 heteroatoms. The predicted molar refractivity (Wildman–Crippen MR) is 78.1 cm³/mol. The first-order valence-electron chi connectivity index (χ1n) is 7.77. The number of ether oxygens (including phenoxy) is 1. The fraction of sp³-hybridized carbons (Fsp3) is 0.867. The first kappa shape index (κ1) is 16.1. The fourth-order valence-corrected chi connectivity index (χ4v) is 3.24. The number of nitrogens with zero attached hydrogens (tertiary/aromatic N) is 1. The number of carboxylic acids is 1. The molecule has 0 saturated carbocycles. The Bertz CT molecular complexity index is 397. The molecule has 0 aromatic rings. The Hall–Kier alpha value is -1.30. The average molecular weight is 298 g/mol. The van der Waals surface area contributed by atoms with Crippen molar-refractivity contribution < 1.29 is 19.4 Å². The predicted octanol–water partition coefficient (Wildman–Crippen LogP) is 1.70. The number of nitrogens with one attached hydrogen (secondary N) is 1. The molecule has 2 atom stereocenters. The number of urea groups is 1. The van der Waals surface area contributed by atoms with E-state index in [0.717, 1.165) is 25.9 Å². The van der Waals surface area contributed by atoms with E-state index in [1.807, 2.05) is 0 Å². The van der Waals surface area contributed by atoms with Crippen LogP contribution in [0.25, 0.3) is 0 Å². The van der Waals surface area contributed by atoms with Crippen LogP contribution in [0.5, 0.6) is 0 Å². The SMILES string of the molecule is CC1(C)CC(CNC(=O)N2CCCC(C(=O)O)C2)CCO1. The minimum absolute atomic E-state index is 0.118. The lowest BCUT2D eigenvalue weighted by Crippen LogP contribution is -2.48. The van der Waals surface area contributed by atoms with Gasteiger partial charge in [-0.2, -0.15) is 0 Å². The van der Waals surface area contributed by atoms with E-state index in [0.29, 0.717) is 32.0 Å². The van der Waals surface area contributed by atoms with E-state index >= 15 is 0 Å². The minimum atomic E-state index is -0.807. The third kappa shape index (κ3) is 4.59. The Morgan fingerprint density at radius 2 is 2.14 bits per heavy atom. The summed E-state index contributed by atoms with van der Waals surface area (Å²) in [6.45, 7) is 6.49. The van der Waals surface area contributed by atoms with Crippen molar-refractivity contribution in [1.29, 1.82) is 0 Å². The summed E-state index contributed by atoms with van der Waals surface area (Å²) in [5, 5.41) is 12.0.